The fourth-order valence-electron chi connectivity index (χ4n) is 2.29. The minimum absolute atomic E-state index is 0.663. The van der Waals surface area contributed by atoms with Crippen molar-refractivity contribution in [3.8, 4) is 22.8 Å². The molecule has 0 aliphatic carbocycles. The Kier molecular flexibility index (Phi) is 2.95. The summed E-state index contributed by atoms with van der Waals surface area (Å²) in [5, 5.41) is 8.26. The Morgan fingerprint density at radius 2 is 1.85 bits per heavy atom. The molecular formula is C15H15N3O2. The second kappa shape index (κ2) is 4.77. The predicted molar refractivity (Wildman–Crippen MR) is 79.0 cm³/mol. The van der Waals surface area contributed by atoms with Crippen LogP contribution in [0.1, 0.15) is 0 Å². The van der Waals surface area contributed by atoms with Crippen LogP contribution in [0.5, 0.6) is 11.5 Å². The van der Waals surface area contributed by atoms with E-state index in [1.807, 2.05) is 36.4 Å². The minimum atomic E-state index is 0.663. The summed E-state index contributed by atoms with van der Waals surface area (Å²) in [6.45, 7) is 0. The van der Waals surface area contributed by atoms with Crippen LogP contribution in [0.4, 0.5) is 5.69 Å². The van der Waals surface area contributed by atoms with Crippen LogP contribution in [-0.2, 0) is 0 Å². The lowest BCUT2D eigenvalue weighted by atomic mass is 10.1. The molecule has 3 rings (SSSR count). The number of nitrogen functional groups attached to an aromatic ring is 1. The van der Waals surface area contributed by atoms with E-state index in [9.17, 15) is 0 Å². The molecule has 0 saturated heterocycles. The van der Waals surface area contributed by atoms with Crippen LogP contribution in [0.15, 0.2) is 36.4 Å². The van der Waals surface area contributed by atoms with Gasteiger partial charge in [-0.25, -0.2) is 0 Å². The molecule has 5 heteroatoms. The highest BCUT2D eigenvalue weighted by Crippen LogP contribution is 2.35. The second-order valence-corrected chi connectivity index (χ2v) is 4.41. The molecule has 0 bridgehead atoms. The first kappa shape index (κ1) is 12.3. The number of rotatable bonds is 3. The van der Waals surface area contributed by atoms with Crippen molar-refractivity contribution < 1.29 is 9.47 Å². The lowest BCUT2D eigenvalue weighted by Crippen LogP contribution is -1.91. The van der Waals surface area contributed by atoms with Crippen molar-refractivity contribution in [2.75, 3.05) is 20.0 Å². The number of anilines is 1. The summed E-state index contributed by atoms with van der Waals surface area (Å²) < 4.78 is 10.6. The topological polar surface area (TPSA) is 73.2 Å². The molecule has 1 aromatic heterocycles. The summed E-state index contributed by atoms with van der Waals surface area (Å²) in [5.74, 6) is 1.35. The monoisotopic (exact) mass is 269 g/mol. The van der Waals surface area contributed by atoms with Gasteiger partial charge in [-0.3, -0.25) is 5.10 Å². The highest BCUT2D eigenvalue weighted by Gasteiger charge is 2.13. The Morgan fingerprint density at radius 1 is 1.05 bits per heavy atom. The molecule has 0 saturated carbocycles. The van der Waals surface area contributed by atoms with Crippen LogP contribution in [0.2, 0.25) is 0 Å². The number of methoxy groups -OCH3 is 2. The van der Waals surface area contributed by atoms with Gasteiger partial charge in [-0.15, -0.1) is 0 Å². The first-order valence-electron chi connectivity index (χ1n) is 6.19. The average molecular weight is 269 g/mol. The first-order chi connectivity index (χ1) is 9.74. The summed E-state index contributed by atoms with van der Waals surface area (Å²) in [6, 6.07) is 11.4. The van der Waals surface area contributed by atoms with Gasteiger partial charge in [-0.05, 0) is 30.3 Å². The maximum atomic E-state index is 6.05. The predicted octanol–water partition coefficient (Wildman–Crippen LogP) is 2.83. The number of ether oxygens (including phenoxy) is 2. The van der Waals surface area contributed by atoms with E-state index in [1.54, 1.807) is 14.2 Å². The maximum absolute atomic E-state index is 6.05. The van der Waals surface area contributed by atoms with Crippen LogP contribution in [0.25, 0.3) is 22.2 Å². The van der Waals surface area contributed by atoms with Gasteiger partial charge in [0, 0.05) is 11.3 Å². The van der Waals surface area contributed by atoms with Crippen molar-refractivity contribution in [1.29, 1.82) is 0 Å². The highest BCUT2D eigenvalue weighted by atomic mass is 16.5. The van der Waals surface area contributed by atoms with E-state index in [1.165, 1.54) is 0 Å². The lowest BCUT2D eigenvalue weighted by Gasteiger charge is -2.09. The molecule has 0 aliphatic heterocycles. The van der Waals surface area contributed by atoms with Crippen molar-refractivity contribution in [1.82, 2.24) is 10.2 Å². The molecule has 0 spiro atoms. The zero-order valence-corrected chi connectivity index (χ0v) is 11.3. The molecule has 1 heterocycles. The molecule has 102 valence electrons. The van der Waals surface area contributed by atoms with Crippen molar-refractivity contribution >= 4 is 16.6 Å². The van der Waals surface area contributed by atoms with Crippen LogP contribution in [0.3, 0.4) is 0 Å². The molecule has 2 aromatic carbocycles. The fourth-order valence-corrected chi connectivity index (χ4v) is 2.29. The number of benzene rings is 2. The third kappa shape index (κ3) is 1.84. The van der Waals surface area contributed by atoms with E-state index >= 15 is 0 Å². The lowest BCUT2D eigenvalue weighted by molar-refractivity contribution is 0.355. The van der Waals surface area contributed by atoms with E-state index in [0.29, 0.717) is 17.2 Å². The first-order valence-corrected chi connectivity index (χ1v) is 6.19. The number of aromatic nitrogens is 2. The Hall–Kier alpha value is -2.69. The van der Waals surface area contributed by atoms with E-state index in [2.05, 4.69) is 10.2 Å². The fraction of sp³-hybridized carbons (Fsp3) is 0.133. The van der Waals surface area contributed by atoms with Crippen molar-refractivity contribution in [3.05, 3.63) is 36.4 Å². The van der Waals surface area contributed by atoms with E-state index in [0.717, 1.165) is 22.2 Å². The van der Waals surface area contributed by atoms with Gasteiger partial charge in [0.25, 0.3) is 0 Å². The summed E-state index contributed by atoms with van der Waals surface area (Å²) in [6.07, 6.45) is 0. The van der Waals surface area contributed by atoms with E-state index in [-0.39, 0.29) is 0 Å². The summed E-state index contributed by atoms with van der Waals surface area (Å²) >= 11 is 0. The van der Waals surface area contributed by atoms with Gasteiger partial charge in [0.2, 0.25) is 0 Å². The number of H-pyrrole nitrogens is 1. The van der Waals surface area contributed by atoms with Crippen molar-refractivity contribution in [3.63, 3.8) is 0 Å². The Balaban J connectivity index is 2.21. The summed E-state index contributed by atoms with van der Waals surface area (Å²) in [4.78, 5) is 0. The van der Waals surface area contributed by atoms with Gasteiger partial charge < -0.3 is 15.2 Å². The Labute approximate surface area is 116 Å². The van der Waals surface area contributed by atoms with Gasteiger partial charge in [0.15, 0.2) is 11.5 Å². The molecule has 3 N–H and O–H groups in total. The standard InChI is InChI=1S/C15H15N3O2/c1-19-12-7-6-9(8-13(12)20-2)15-14-10(16)4-3-5-11(14)17-18-15/h3-8H,16H2,1-2H3,(H,17,18). The normalized spacial score (nSPS) is 10.7. The van der Waals surface area contributed by atoms with Gasteiger partial charge in [-0.2, -0.15) is 5.10 Å². The third-order valence-corrected chi connectivity index (χ3v) is 3.28. The summed E-state index contributed by atoms with van der Waals surface area (Å²) in [5.41, 5.74) is 9.38. The molecular weight excluding hydrogens is 254 g/mol. The number of nitrogens with zero attached hydrogens (tertiary/aromatic N) is 1. The number of aromatic amines is 1. The SMILES string of the molecule is COc1ccc(-c2n[nH]c3cccc(N)c23)cc1OC. The highest BCUT2D eigenvalue weighted by molar-refractivity contribution is 6.01. The maximum Gasteiger partial charge on any atom is 0.161 e. The summed E-state index contributed by atoms with van der Waals surface area (Å²) in [7, 11) is 3.22. The molecule has 0 atom stereocenters. The molecule has 20 heavy (non-hydrogen) atoms. The Morgan fingerprint density at radius 3 is 2.60 bits per heavy atom. The molecule has 5 nitrogen and oxygen atoms in total. The zero-order chi connectivity index (χ0) is 14.1. The van der Waals surface area contributed by atoms with E-state index in [4.69, 9.17) is 15.2 Å². The van der Waals surface area contributed by atoms with Crippen LogP contribution >= 0.6 is 0 Å². The molecule has 0 aliphatic rings. The van der Waals surface area contributed by atoms with Gasteiger partial charge in [-0.1, -0.05) is 6.07 Å². The minimum Gasteiger partial charge on any atom is -0.493 e. The number of hydrogen-bond acceptors (Lipinski definition) is 4. The van der Waals surface area contributed by atoms with Crippen molar-refractivity contribution in [2.45, 2.75) is 0 Å². The van der Waals surface area contributed by atoms with Crippen molar-refractivity contribution in [2.24, 2.45) is 0 Å². The van der Waals surface area contributed by atoms with Crippen LogP contribution in [0, 0.1) is 0 Å². The largest absolute Gasteiger partial charge is 0.493 e. The Bertz CT molecular complexity index is 765. The molecule has 0 fully saturated rings. The molecule has 0 unspecified atom stereocenters. The van der Waals surface area contributed by atoms with Gasteiger partial charge in [0.05, 0.1) is 25.1 Å². The average Bonchev–Trinajstić information content (AvgIpc) is 2.92. The van der Waals surface area contributed by atoms with Gasteiger partial charge >= 0.3 is 0 Å². The number of hydrogen-bond donors (Lipinski definition) is 2. The zero-order valence-electron chi connectivity index (χ0n) is 11.3. The number of nitrogens with one attached hydrogen (secondary N) is 1. The third-order valence-electron chi connectivity index (χ3n) is 3.28. The molecule has 0 radical (unpaired) electrons. The van der Waals surface area contributed by atoms with Crippen LogP contribution in [-0.4, -0.2) is 24.4 Å². The number of fused-ring (bicyclic) bond motifs is 1. The molecule has 0 amide bonds. The second-order valence-electron chi connectivity index (χ2n) is 4.41. The quantitative estimate of drug-likeness (QED) is 0.717. The smallest absolute Gasteiger partial charge is 0.161 e. The van der Waals surface area contributed by atoms with Gasteiger partial charge in [0.1, 0.15) is 5.69 Å². The van der Waals surface area contributed by atoms with E-state index < -0.39 is 0 Å². The van der Waals surface area contributed by atoms with Crippen LogP contribution < -0.4 is 15.2 Å². The molecule has 3 aromatic rings. The number of nitrogens with two attached hydrogens (primary N) is 1.